The summed E-state index contributed by atoms with van der Waals surface area (Å²) in [5, 5.41) is 0. The Kier molecular flexibility index (Phi) is 3.29. The predicted molar refractivity (Wildman–Crippen MR) is 44.7 cm³/mol. The highest BCUT2D eigenvalue weighted by Gasteiger charge is 2.26. The smallest absolute Gasteiger partial charge is 0.330 e. The van der Waals surface area contributed by atoms with E-state index in [9.17, 15) is 4.79 Å². The second-order valence-corrected chi connectivity index (χ2v) is 2.95. The van der Waals surface area contributed by atoms with Gasteiger partial charge in [0.1, 0.15) is 0 Å². The highest BCUT2D eigenvalue weighted by Crippen LogP contribution is 2.36. The number of esters is 1. The van der Waals surface area contributed by atoms with Gasteiger partial charge in [0.05, 0.1) is 13.7 Å². The van der Waals surface area contributed by atoms with Crippen LogP contribution in [0.1, 0.15) is 12.8 Å². The molecule has 0 aliphatic heterocycles. The molecule has 1 aliphatic carbocycles. The van der Waals surface area contributed by atoms with E-state index < -0.39 is 0 Å². The summed E-state index contributed by atoms with van der Waals surface area (Å²) in [4.78, 5) is 10.9. The van der Waals surface area contributed by atoms with Crippen molar-refractivity contribution in [3.63, 3.8) is 0 Å². The van der Waals surface area contributed by atoms with E-state index in [1.54, 1.807) is 13.2 Å². The van der Waals surface area contributed by atoms with Crippen LogP contribution in [0.2, 0.25) is 0 Å². The first-order valence-corrected chi connectivity index (χ1v) is 4.05. The summed E-state index contributed by atoms with van der Waals surface area (Å²) in [6.07, 6.45) is 3.89. The monoisotopic (exact) mass is 170 g/mol. The van der Waals surface area contributed by atoms with Crippen molar-refractivity contribution in [1.29, 1.82) is 0 Å². The van der Waals surface area contributed by atoms with Crippen LogP contribution in [0.25, 0.3) is 0 Å². The molecule has 0 aromatic carbocycles. The van der Waals surface area contributed by atoms with E-state index in [0.717, 1.165) is 5.57 Å². The molecule has 1 fully saturated rings. The first-order valence-electron chi connectivity index (χ1n) is 4.05. The highest BCUT2D eigenvalue weighted by molar-refractivity contribution is 5.82. The van der Waals surface area contributed by atoms with Crippen LogP contribution in [0.4, 0.5) is 0 Å². The van der Waals surface area contributed by atoms with Gasteiger partial charge in [-0.05, 0) is 24.3 Å². The van der Waals surface area contributed by atoms with Crippen LogP contribution in [0.15, 0.2) is 11.6 Å². The fourth-order valence-corrected chi connectivity index (χ4v) is 1.11. The highest BCUT2D eigenvalue weighted by atomic mass is 16.5. The molecule has 0 radical (unpaired) electrons. The Morgan fingerprint density at radius 2 is 2.17 bits per heavy atom. The molecule has 0 heterocycles. The molecule has 0 amide bonds. The Bertz CT molecular complexity index is 192. The van der Waals surface area contributed by atoms with Crippen LogP contribution >= 0.6 is 0 Å². The number of rotatable bonds is 4. The Balaban J connectivity index is 2.50. The molecule has 0 aromatic rings. The van der Waals surface area contributed by atoms with Crippen molar-refractivity contribution in [2.24, 2.45) is 5.92 Å². The minimum absolute atomic E-state index is 0.283. The number of carbonyl (C=O) groups excluding carboxylic acids is 1. The normalized spacial score (nSPS) is 17.7. The van der Waals surface area contributed by atoms with E-state index in [0.29, 0.717) is 12.5 Å². The third kappa shape index (κ3) is 2.66. The van der Waals surface area contributed by atoms with Crippen LogP contribution in [0.5, 0.6) is 0 Å². The minimum atomic E-state index is -0.283. The number of hydrogen-bond acceptors (Lipinski definition) is 3. The Hall–Kier alpha value is -0.830. The molecule has 1 saturated carbocycles. The van der Waals surface area contributed by atoms with E-state index in [1.165, 1.54) is 20.0 Å². The average molecular weight is 170 g/mol. The predicted octanol–water partition coefficient (Wildman–Crippen LogP) is 1.14. The zero-order valence-electron chi connectivity index (χ0n) is 7.50. The summed E-state index contributed by atoms with van der Waals surface area (Å²) in [7, 11) is 3.02. The Morgan fingerprint density at radius 1 is 1.50 bits per heavy atom. The topological polar surface area (TPSA) is 35.5 Å². The first-order chi connectivity index (χ1) is 5.77. The molecular weight excluding hydrogens is 156 g/mol. The van der Waals surface area contributed by atoms with Crippen LogP contribution in [-0.2, 0) is 14.3 Å². The SMILES string of the molecule is COCC(=CC(=O)OC)C1CC1. The maximum Gasteiger partial charge on any atom is 0.330 e. The lowest BCUT2D eigenvalue weighted by Gasteiger charge is -2.02. The van der Waals surface area contributed by atoms with Crippen molar-refractivity contribution >= 4 is 5.97 Å². The number of carbonyl (C=O) groups is 1. The van der Waals surface area contributed by atoms with Crippen LogP contribution in [-0.4, -0.2) is 26.8 Å². The Labute approximate surface area is 72.4 Å². The third-order valence-electron chi connectivity index (χ3n) is 1.92. The molecule has 3 heteroatoms. The fraction of sp³-hybridized carbons (Fsp3) is 0.667. The van der Waals surface area contributed by atoms with Gasteiger partial charge in [-0.1, -0.05) is 0 Å². The maximum atomic E-state index is 10.9. The van der Waals surface area contributed by atoms with Gasteiger partial charge >= 0.3 is 5.97 Å². The summed E-state index contributed by atoms with van der Waals surface area (Å²) in [6, 6.07) is 0. The summed E-state index contributed by atoms with van der Waals surface area (Å²) >= 11 is 0. The molecule has 0 saturated heterocycles. The van der Waals surface area contributed by atoms with Crippen molar-refractivity contribution in [2.75, 3.05) is 20.8 Å². The largest absolute Gasteiger partial charge is 0.466 e. The fourth-order valence-electron chi connectivity index (χ4n) is 1.11. The van der Waals surface area contributed by atoms with Gasteiger partial charge in [-0.25, -0.2) is 4.79 Å². The maximum absolute atomic E-state index is 10.9. The van der Waals surface area contributed by atoms with E-state index in [-0.39, 0.29) is 5.97 Å². The van der Waals surface area contributed by atoms with E-state index in [1.807, 2.05) is 0 Å². The molecule has 68 valence electrons. The van der Waals surface area contributed by atoms with Gasteiger partial charge in [-0.3, -0.25) is 0 Å². The second kappa shape index (κ2) is 4.26. The van der Waals surface area contributed by atoms with Crippen LogP contribution in [0, 0.1) is 5.92 Å². The van der Waals surface area contributed by atoms with Crippen molar-refractivity contribution in [2.45, 2.75) is 12.8 Å². The zero-order chi connectivity index (χ0) is 8.97. The van der Waals surface area contributed by atoms with Crippen molar-refractivity contribution in [1.82, 2.24) is 0 Å². The summed E-state index contributed by atoms with van der Waals surface area (Å²) in [6.45, 7) is 0.541. The molecule has 0 unspecified atom stereocenters. The lowest BCUT2D eigenvalue weighted by Crippen LogP contribution is -2.02. The summed E-state index contributed by atoms with van der Waals surface area (Å²) in [5.74, 6) is 0.276. The van der Waals surface area contributed by atoms with E-state index >= 15 is 0 Å². The van der Waals surface area contributed by atoms with Gasteiger partial charge in [0.15, 0.2) is 0 Å². The standard InChI is InChI=1S/C9H14O3/c1-11-6-8(7-3-4-7)5-9(10)12-2/h5,7H,3-4,6H2,1-2H3. The average Bonchev–Trinajstić information content (AvgIpc) is 2.86. The minimum Gasteiger partial charge on any atom is -0.466 e. The van der Waals surface area contributed by atoms with Gasteiger partial charge in [0.2, 0.25) is 0 Å². The molecule has 0 aromatic heterocycles. The second-order valence-electron chi connectivity index (χ2n) is 2.95. The third-order valence-corrected chi connectivity index (χ3v) is 1.92. The lowest BCUT2D eigenvalue weighted by atomic mass is 10.1. The molecule has 12 heavy (non-hydrogen) atoms. The van der Waals surface area contributed by atoms with Gasteiger partial charge in [-0.2, -0.15) is 0 Å². The molecule has 0 N–H and O–H groups in total. The lowest BCUT2D eigenvalue weighted by molar-refractivity contribution is -0.134. The van der Waals surface area contributed by atoms with Crippen LogP contribution < -0.4 is 0 Å². The van der Waals surface area contributed by atoms with Gasteiger partial charge in [0.25, 0.3) is 0 Å². The molecular formula is C9H14O3. The molecule has 3 nitrogen and oxygen atoms in total. The van der Waals surface area contributed by atoms with E-state index in [4.69, 9.17) is 4.74 Å². The molecule has 1 rings (SSSR count). The summed E-state index contributed by atoms with van der Waals surface area (Å²) < 4.78 is 9.51. The van der Waals surface area contributed by atoms with Gasteiger partial charge in [0, 0.05) is 13.2 Å². The molecule has 0 spiro atoms. The molecule has 0 atom stereocenters. The number of methoxy groups -OCH3 is 2. The van der Waals surface area contributed by atoms with Crippen molar-refractivity contribution < 1.29 is 14.3 Å². The van der Waals surface area contributed by atoms with Crippen molar-refractivity contribution in [3.05, 3.63) is 11.6 Å². The van der Waals surface area contributed by atoms with Crippen LogP contribution in [0.3, 0.4) is 0 Å². The quantitative estimate of drug-likeness (QED) is 0.469. The summed E-state index contributed by atoms with van der Waals surface area (Å²) in [5.41, 5.74) is 1.06. The van der Waals surface area contributed by atoms with Crippen molar-refractivity contribution in [3.8, 4) is 0 Å². The van der Waals surface area contributed by atoms with Gasteiger partial charge < -0.3 is 9.47 Å². The molecule has 1 aliphatic rings. The molecule has 0 bridgehead atoms. The first kappa shape index (κ1) is 9.26. The Morgan fingerprint density at radius 3 is 2.58 bits per heavy atom. The van der Waals surface area contributed by atoms with E-state index in [2.05, 4.69) is 4.74 Å². The number of ether oxygens (including phenoxy) is 2. The van der Waals surface area contributed by atoms with Gasteiger partial charge in [-0.15, -0.1) is 0 Å². The number of hydrogen-bond donors (Lipinski definition) is 0. The zero-order valence-corrected chi connectivity index (χ0v) is 7.50.